The molecule has 3 aromatic rings. The molecule has 1 amide bonds. The fraction of sp³-hybridized carbons (Fsp3) is 0.478. The summed E-state index contributed by atoms with van der Waals surface area (Å²) in [6.45, 7) is 8.34. The lowest BCUT2D eigenvalue weighted by atomic mass is 9.90. The van der Waals surface area contributed by atoms with Crippen molar-refractivity contribution in [1.29, 1.82) is 0 Å². The fourth-order valence-electron chi connectivity index (χ4n) is 3.43. The van der Waals surface area contributed by atoms with E-state index in [-0.39, 0.29) is 17.4 Å². The van der Waals surface area contributed by atoms with Gasteiger partial charge in [-0.1, -0.05) is 39.5 Å². The molecule has 6 nitrogen and oxygen atoms in total. The van der Waals surface area contributed by atoms with Crippen molar-refractivity contribution in [3.63, 3.8) is 0 Å². The summed E-state index contributed by atoms with van der Waals surface area (Å²) < 4.78 is 5.82. The van der Waals surface area contributed by atoms with E-state index in [2.05, 4.69) is 28.5 Å². The van der Waals surface area contributed by atoms with E-state index in [1.165, 1.54) is 40.0 Å². The van der Waals surface area contributed by atoms with E-state index in [0.717, 1.165) is 28.5 Å². The van der Waals surface area contributed by atoms with Gasteiger partial charge in [0.1, 0.15) is 0 Å². The van der Waals surface area contributed by atoms with Crippen LogP contribution in [0.5, 0.6) is 0 Å². The third kappa shape index (κ3) is 5.50. The first kappa shape index (κ1) is 23.2. The molecule has 1 aliphatic carbocycles. The molecular weight excluding hydrogens is 462 g/mol. The zero-order valence-electron chi connectivity index (χ0n) is 18.7. The zero-order chi connectivity index (χ0) is 22.9. The molecule has 0 unspecified atom stereocenters. The molecule has 9 heteroatoms. The number of fused-ring (bicyclic) bond motifs is 1. The number of aryl methyl sites for hydroxylation is 1. The van der Waals surface area contributed by atoms with E-state index >= 15 is 0 Å². The molecule has 0 saturated heterocycles. The van der Waals surface area contributed by atoms with Gasteiger partial charge in [-0.3, -0.25) is 9.59 Å². The molecule has 0 fully saturated rings. The molecule has 0 radical (unpaired) electrons. The highest BCUT2D eigenvalue weighted by Gasteiger charge is 2.22. The molecule has 0 spiro atoms. The summed E-state index contributed by atoms with van der Waals surface area (Å²) in [5.74, 6) is 1.47. The molecule has 1 atom stereocenters. The second-order valence-electron chi connectivity index (χ2n) is 9.19. The van der Waals surface area contributed by atoms with Crippen LogP contribution < -0.4 is 5.32 Å². The minimum atomic E-state index is -0.434. The quantitative estimate of drug-likeness (QED) is 0.342. The van der Waals surface area contributed by atoms with Crippen molar-refractivity contribution in [1.82, 2.24) is 15.5 Å². The second kappa shape index (κ2) is 9.49. The third-order valence-electron chi connectivity index (χ3n) is 5.31. The first-order valence-electron chi connectivity index (χ1n) is 10.7. The summed E-state index contributed by atoms with van der Waals surface area (Å²) in [6, 6.07) is 5.87. The summed E-state index contributed by atoms with van der Waals surface area (Å²) in [6.07, 6.45) is 3.46. The second-order valence-corrected chi connectivity index (χ2v) is 12.4. The summed E-state index contributed by atoms with van der Waals surface area (Å²) in [5.41, 5.74) is 0.967. The van der Waals surface area contributed by atoms with Gasteiger partial charge in [0.25, 0.3) is 11.1 Å². The Morgan fingerprint density at radius 2 is 2.06 bits per heavy atom. The third-order valence-corrected chi connectivity index (χ3v) is 8.48. The Labute approximate surface area is 200 Å². The highest BCUT2D eigenvalue weighted by atomic mass is 32.2. The number of amides is 1. The van der Waals surface area contributed by atoms with Crippen LogP contribution >= 0.6 is 34.4 Å². The Morgan fingerprint density at radius 1 is 1.25 bits per heavy atom. The number of nitrogens with one attached hydrogen (secondary N) is 1. The predicted molar refractivity (Wildman–Crippen MR) is 129 cm³/mol. The number of hydrogen-bond donors (Lipinski definition) is 1. The van der Waals surface area contributed by atoms with E-state index in [4.69, 9.17) is 4.42 Å². The first-order valence-corrected chi connectivity index (χ1v) is 13.3. The van der Waals surface area contributed by atoms with Crippen molar-refractivity contribution in [2.75, 3.05) is 5.75 Å². The number of carbonyl (C=O) groups excluding carboxylic acids is 2. The van der Waals surface area contributed by atoms with E-state index < -0.39 is 5.41 Å². The van der Waals surface area contributed by atoms with Crippen LogP contribution in [0.25, 0.3) is 10.8 Å². The van der Waals surface area contributed by atoms with Gasteiger partial charge in [-0.15, -0.1) is 32.9 Å². The highest BCUT2D eigenvalue weighted by molar-refractivity contribution is 7.99. The number of nitrogens with zero attached hydrogens (tertiary/aromatic N) is 2. The van der Waals surface area contributed by atoms with Crippen LogP contribution in [0.15, 0.2) is 27.8 Å². The van der Waals surface area contributed by atoms with Gasteiger partial charge in [-0.25, -0.2) is 0 Å². The first-order chi connectivity index (χ1) is 15.2. The number of ketones is 1. The normalized spacial score (nSPS) is 16.1. The smallest absolute Gasteiger partial charge is 0.277 e. The van der Waals surface area contributed by atoms with Gasteiger partial charge in [-0.2, -0.15) is 0 Å². The highest BCUT2D eigenvalue weighted by Crippen LogP contribution is 2.37. The molecule has 170 valence electrons. The largest absolute Gasteiger partial charge is 0.410 e. The summed E-state index contributed by atoms with van der Waals surface area (Å²) >= 11 is 4.40. The topological polar surface area (TPSA) is 85.1 Å². The molecule has 0 bridgehead atoms. The maximum Gasteiger partial charge on any atom is 0.277 e. The Morgan fingerprint density at radius 3 is 2.84 bits per heavy atom. The molecule has 1 aliphatic rings. The van der Waals surface area contributed by atoms with E-state index in [0.29, 0.717) is 22.5 Å². The summed E-state index contributed by atoms with van der Waals surface area (Å²) in [4.78, 5) is 28.6. The van der Waals surface area contributed by atoms with Gasteiger partial charge in [0.2, 0.25) is 5.91 Å². The van der Waals surface area contributed by atoms with Crippen molar-refractivity contribution >= 4 is 46.1 Å². The average molecular weight is 490 g/mol. The lowest BCUT2D eigenvalue weighted by Gasteiger charge is -2.17. The number of carbonyl (C=O) groups is 2. The van der Waals surface area contributed by atoms with E-state index in [1.807, 2.05) is 32.9 Å². The number of Topliss-reactive ketones (excluding diaryl/α,β-unsaturated/α-hetero) is 1. The lowest BCUT2D eigenvalue weighted by Crippen LogP contribution is -2.34. The minimum Gasteiger partial charge on any atom is -0.410 e. The molecular formula is C23H27N3O3S3. The molecule has 1 N–H and O–H groups in total. The Bertz CT molecular complexity index is 1120. The molecule has 0 aromatic carbocycles. The minimum absolute atomic E-state index is 0.00808. The van der Waals surface area contributed by atoms with Crippen LogP contribution in [0, 0.1) is 11.3 Å². The van der Waals surface area contributed by atoms with Crippen molar-refractivity contribution in [2.45, 2.75) is 58.7 Å². The maximum absolute atomic E-state index is 12.6. The standard InChI is InChI=1S/C23H27N3O3S3/c1-13-5-7-17-14(9-13)10-19(32-17)20-25-26-22(29-20)30-12-16(27)18-8-6-15(31-18)11-24-21(28)23(2,3)4/h6,8,10,13H,5,7,9,11-12H2,1-4H3,(H,24,28)/t13-/m0/s1. The maximum atomic E-state index is 12.6. The number of aromatic nitrogens is 2. The number of thioether (sulfide) groups is 1. The monoisotopic (exact) mass is 489 g/mol. The fourth-order valence-corrected chi connectivity index (χ4v) is 6.19. The average Bonchev–Trinajstić information content (AvgIpc) is 3.48. The van der Waals surface area contributed by atoms with E-state index in [1.54, 1.807) is 11.3 Å². The van der Waals surface area contributed by atoms with Crippen molar-refractivity contribution in [2.24, 2.45) is 11.3 Å². The number of thiophene rings is 2. The predicted octanol–water partition coefficient (Wildman–Crippen LogP) is 5.62. The van der Waals surface area contributed by atoms with Crippen molar-refractivity contribution in [3.8, 4) is 10.8 Å². The van der Waals surface area contributed by atoms with Gasteiger partial charge in [-0.05, 0) is 48.9 Å². The van der Waals surface area contributed by atoms with Gasteiger partial charge in [0, 0.05) is 15.2 Å². The molecule has 3 aromatic heterocycles. The SMILES string of the molecule is C[C@H]1CCc2sc(-c3nnc(SCC(=O)c4ccc(CNC(=O)C(C)(C)C)s4)o3)cc2C1. The van der Waals surface area contributed by atoms with Crippen molar-refractivity contribution in [3.05, 3.63) is 38.4 Å². The van der Waals surface area contributed by atoms with Gasteiger partial charge >= 0.3 is 0 Å². The molecule has 4 rings (SSSR count). The van der Waals surface area contributed by atoms with Crippen LogP contribution in [0.1, 0.15) is 59.1 Å². The Hall–Kier alpha value is -1.97. The summed E-state index contributed by atoms with van der Waals surface area (Å²) in [7, 11) is 0. The Balaban J connectivity index is 1.31. The van der Waals surface area contributed by atoms with Crippen LogP contribution in [0.2, 0.25) is 0 Å². The molecule has 0 saturated carbocycles. The van der Waals surface area contributed by atoms with Gasteiger partial charge < -0.3 is 9.73 Å². The number of hydrogen-bond acceptors (Lipinski definition) is 8. The van der Waals surface area contributed by atoms with Gasteiger partial charge in [0.05, 0.1) is 22.1 Å². The van der Waals surface area contributed by atoms with Crippen LogP contribution in [0.3, 0.4) is 0 Å². The van der Waals surface area contributed by atoms with Gasteiger partial charge in [0.15, 0.2) is 5.78 Å². The van der Waals surface area contributed by atoms with Crippen LogP contribution in [0.4, 0.5) is 0 Å². The van der Waals surface area contributed by atoms with Crippen LogP contribution in [-0.4, -0.2) is 27.6 Å². The van der Waals surface area contributed by atoms with E-state index in [9.17, 15) is 9.59 Å². The number of rotatable bonds is 7. The zero-order valence-corrected chi connectivity index (χ0v) is 21.1. The molecule has 0 aliphatic heterocycles. The van der Waals surface area contributed by atoms with Crippen LogP contribution in [-0.2, 0) is 24.2 Å². The Kier molecular flexibility index (Phi) is 6.88. The summed E-state index contributed by atoms with van der Waals surface area (Å²) in [5, 5.41) is 11.6. The molecule has 3 heterocycles. The lowest BCUT2D eigenvalue weighted by molar-refractivity contribution is -0.128. The molecule has 32 heavy (non-hydrogen) atoms. The van der Waals surface area contributed by atoms with Crippen molar-refractivity contribution < 1.29 is 14.0 Å².